The number of methoxy groups -OCH3 is 2. The van der Waals surface area contributed by atoms with Crippen molar-refractivity contribution < 1.29 is 26.8 Å². The second kappa shape index (κ2) is 11.1. The van der Waals surface area contributed by atoms with Crippen molar-refractivity contribution in [3.63, 3.8) is 0 Å². The van der Waals surface area contributed by atoms with Crippen LogP contribution in [0.2, 0.25) is 0 Å². The molecule has 0 spiro atoms. The van der Waals surface area contributed by atoms with Gasteiger partial charge in [0.05, 0.1) is 36.9 Å². The van der Waals surface area contributed by atoms with Crippen molar-refractivity contribution in [2.45, 2.75) is 11.8 Å². The van der Waals surface area contributed by atoms with Crippen molar-refractivity contribution in [2.24, 2.45) is 0 Å². The molecule has 0 fully saturated rings. The zero-order chi connectivity index (χ0) is 24.7. The van der Waals surface area contributed by atoms with E-state index in [1.165, 1.54) is 26.4 Å². The van der Waals surface area contributed by atoms with Gasteiger partial charge in [-0.15, -0.1) is 0 Å². The first kappa shape index (κ1) is 25.1. The van der Waals surface area contributed by atoms with Crippen molar-refractivity contribution in [2.75, 3.05) is 20.8 Å². The first-order chi connectivity index (χ1) is 16.3. The number of hydrogen-bond donors (Lipinski definition) is 0. The highest BCUT2D eigenvalue weighted by atomic mass is 79.9. The highest BCUT2D eigenvalue weighted by Crippen LogP contribution is 2.40. The molecule has 3 aromatic rings. The summed E-state index contributed by atoms with van der Waals surface area (Å²) in [6, 6.07) is 18.4. The number of allylic oxidation sites excluding steroid dienone is 1. The van der Waals surface area contributed by atoms with Gasteiger partial charge in [-0.25, -0.2) is 0 Å². The minimum atomic E-state index is -4.08. The van der Waals surface area contributed by atoms with Gasteiger partial charge in [-0.2, -0.15) is 13.7 Å². The molecule has 0 amide bonds. The van der Waals surface area contributed by atoms with Crippen LogP contribution in [0.1, 0.15) is 18.1 Å². The van der Waals surface area contributed by atoms with E-state index in [1.54, 1.807) is 61.5 Å². The van der Waals surface area contributed by atoms with E-state index in [2.05, 4.69) is 22.0 Å². The standard InChI is InChI=1S/C25H22BrNO6S/c1-4-32-24-14-17(12-19(16-27)18-10-11-22(30-2)23(15-18)31-3)13-21(26)25(24)33-34(28,29)20-8-6-5-7-9-20/h5-15H,4H2,1-3H3/b19-12+. The molecular formula is C25H22BrNO6S. The Labute approximate surface area is 207 Å². The molecular weight excluding hydrogens is 522 g/mol. The van der Waals surface area contributed by atoms with Gasteiger partial charge in [-0.05, 0) is 82.5 Å². The zero-order valence-corrected chi connectivity index (χ0v) is 21.1. The third kappa shape index (κ3) is 5.71. The molecule has 0 aliphatic heterocycles. The predicted octanol–water partition coefficient (Wildman–Crippen LogP) is 5.70. The lowest BCUT2D eigenvalue weighted by Crippen LogP contribution is -2.11. The van der Waals surface area contributed by atoms with E-state index in [1.807, 2.05) is 0 Å². The van der Waals surface area contributed by atoms with Crippen LogP contribution in [0, 0.1) is 11.3 Å². The maximum atomic E-state index is 12.7. The molecule has 0 aliphatic carbocycles. The zero-order valence-electron chi connectivity index (χ0n) is 18.7. The summed E-state index contributed by atoms with van der Waals surface area (Å²) in [5.74, 6) is 1.28. The van der Waals surface area contributed by atoms with Gasteiger partial charge < -0.3 is 18.4 Å². The van der Waals surface area contributed by atoms with Crippen molar-refractivity contribution in [1.29, 1.82) is 5.26 Å². The third-order valence-corrected chi connectivity index (χ3v) is 6.51. The molecule has 0 aliphatic rings. The van der Waals surface area contributed by atoms with Crippen molar-refractivity contribution >= 4 is 37.7 Å². The highest BCUT2D eigenvalue weighted by molar-refractivity contribution is 9.10. The molecule has 34 heavy (non-hydrogen) atoms. The third-order valence-electron chi connectivity index (χ3n) is 4.68. The van der Waals surface area contributed by atoms with Gasteiger partial charge in [0.2, 0.25) is 0 Å². The summed E-state index contributed by atoms with van der Waals surface area (Å²) in [4.78, 5) is 0.0218. The Morgan fingerprint density at radius 2 is 1.71 bits per heavy atom. The summed E-state index contributed by atoms with van der Waals surface area (Å²) in [5, 5.41) is 9.77. The SMILES string of the molecule is CCOc1cc(/C=C(\C#N)c2ccc(OC)c(OC)c2)cc(Br)c1OS(=O)(=O)c1ccccc1. The Hall–Kier alpha value is -3.48. The number of nitriles is 1. The number of ether oxygens (including phenoxy) is 3. The van der Waals surface area contributed by atoms with Gasteiger partial charge in [0.25, 0.3) is 0 Å². The molecule has 0 radical (unpaired) electrons. The topological polar surface area (TPSA) is 94.8 Å². The van der Waals surface area contributed by atoms with Crippen LogP contribution in [0.5, 0.6) is 23.0 Å². The molecule has 0 unspecified atom stereocenters. The fraction of sp³-hybridized carbons (Fsp3) is 0.160. The second-order valence-corrected chi connectivity index (χ2v) is 9.25. The quantitative estimate of drug-likeness (QED) is 0.194. The van der Waals surface area contributed by atoms with Crippen LogP contribution in [0.15, 0.2) is 70.0 Å². The fourth-order valence-corrected chi connectivity index (χ4v) is 4.74. The maximum absolute atomic E-state index is 12.7. The number of benzene rings is 3. The van der Waals surface area contributed by atoms with E-state index in [-0.39, 0.29) is 23.0 Å². The van der Waals surface area contributed by atoms with Crippen LogP contribution in [-0.2, 0) is 10.1 Å². The van der Waals surface area contributed by atoms with E-state index in [0.29, 0.717) is 32.7 Å². The lowest BCUT2D eigenvalue weighted by Gasteiger charge is -2.15. The molecule has 0 N–H and O–H groups in total. The van der Waals surface area contributed by atoms with Gasteiger partial charge >= 0.3 is 10.1 Å². The first-order valence-corrected chi connectivity index (χ1v) is 12.3. The fourth-order valence-electron chi connectivity index (χ4n) is 3.11. The maximum Gasteiger partial charge on any atom is 0.339 e. The number of rotatable bonds is 9. The average Bonchev–Trinajstić information content (AvgIpc) is 2.85. The van der Waals surface area contributed by atoms with Crippen LogP contribution in [0.4, 0.5) is 0 Å². The van der Waals surface area contributed by atoms with Crippen LogP contribution >= 0.6 is 15.9 Å². The summed E-state index contributed by atoms with van der Waals surface area (Å²) in [7, 11) is -1.02. The number of halogens is 1. The van der Waals surface area contributed by atoms with Crippen molar-refractivity contribution in [3.05, 3.63) is 76.3 Å². The van der Waals surface area contributed by atoms with Crippen LogP contribution in [-0.4, -0.2) is 29.2 Å². The van der Waals surface area contributed by atoms with Gasteiger partial charge in [-0.1, -0.05) is 18.2 Å². The second-order valence-electron chi connectivity index (χ2n) is 6.85. The smallest absolute Gasteiger partial charge is 0.339 e. The molecule has 0 saturated heterocycles. The Morgan fingerprint density at radius 3 is 2.32 bits per heavy atom. The first-order valence-electron chi connectivity index (χ1n) is 10.1. The molecule has 0 saturated carbocycles. The Bertz CT molecular complexity index is 1350. The number of nitrogens with zero attached hydrogens (tertiary/aromatic N) is 1. The van der Waals surface area contributed by atoms with Gasteiger partial charge in [0, 0.05) is 0 Å². The van der Waals surface area contributed by atoms with Gasteiger partial charge in [-0.3, -0.25) is 0 Å². The summed E-state index contributed by atoms with van der Waals surface area (Å²) in [6.45, 7) is 2.05. The van der Waals surface area contributed by atoms with E-state index in [9.17, 15) is 13.7 Å². The summed E-state index contributed by atoms with van der Waals surface area (Å²) in [6.07, 6.45) is 1.66. The molecule has 3 aromatic carbocycles. The van der Waals surface area contributed by atoms with Crippen molar-refractivity contribution in [1.82, 2.24) is 0 Å². The molecule has 176 valence electrons. The van der Waals surface area contributed by atoms with Gasteiger partial charge in [0.15, 0.2) is 23.0 Å². The van der Waals surface area contributed by atoms with E-state index >= 15 is 0 Å². The monoisotopic (exact) mass is 543 g/mol. The summed E-state index contributed by atoms with van der Waals surface area (Å²) >= 11 is 3.38. The van der Waals surface area contributed by atoms with E-state index < -0.39 is 10.1 Å². The van der Waals surface area contributed by atoms with Crippen LogP contribution in [0.3, 0.4) is 0 Å². The number of hydrogen-bond acceptors (Lipinski definition) is 7. The highest BCUT2D eigenvalue weighted by Gasteiger charge is 2.22. The molecule has 9 heteroatoms. The van der Waals surface area contributed by atoms with E-state index in [4.69, 9.17) is 18.4 Å². The average molecular weight is 544 g/mol. The molecule has 7 nitrogen and oxygen atoms in total. The van der Waals surface area contributed by atoms with Gasteiger partial charge in [0.1, 0.15) is 4.90 Å². The Morgan fingerprint density at radius 1 is 1.00 bits per heavy atom. The summed E-state index contributed by atoms with van der Waals surface area (Å²) in [5.41, 5.74) is 1.59. The lowest BCUT2D eigenvalue weighted by atomic mass is 10.0. The Kier molecular flexibility index (Phi) is 8.21. The summed E-state index contributed by atoms with van der Waals surface area (Å²) < 4.78 is 47.5. The molecule has 0 atom stereocenters. The minimum Gasteiger partial charge on any atom is -0.493 e. The molecule has 0 aromatic heterocycles. The van der Waals surface area contributed by atoms with Crippen LogP contribution in [0.25, 0.3) is 11.6 Å². The van der Waals surface area contributed by atoms with Crippen molar-refractivity contribution in [3.8, 4) is 29.1 Å². The normalized spacial score (nSPS) is 11.4. The Balaban J connectivity index is 2.04. The van der Waals surface area contributed by atoms with E-state index in [0.717, 1.165) is 0 Å². The lowest BCUT2D eigenvalue weighted by molar-refractivity contribution is 0.327. The molecule has 0 bridgehead atoms. The predicted molar refractivity (Wildman–Crippen MR) is 133 cm³/mol. The molecule has 0 heterocycles. The van der Waals surface area contributed by atoms with Crippen LogP contribution < -0.4 is 18.4 Å². The minimum absolute atomic E-state index is 0.0208. The largest absolute Gasteiger partial charge is 0.493 e. The molecule has 3 rings (SSSR count).